The predicted octanol–water partition coefficient (Wildman–Crippen LogP) is 6.24. The topological polar surface area (TPSA) is 43.2 Å². The van der Waals surface area contributed by atoms with E-state index in [1.54, 1.807) is 14.2 Å². The standard InChI is InChI=1S/C26H24N2O2/c1-17(19-5-7-23-15-25(29-3)11-9-21(23)13-19)27-28-18(2)20-6-8-24-16-26(30-4)12-10-22(24)14-20/h5-16H,1-4H3/b27-17-,28-18-. The van der Waals surface area contributed by atoms with Crippen LogP contribution in [0.5, 0.6) is 11.5 Å². The van der Waals surface area contributed by atoms with Crippen LogP contribution in [0.2, 0.25) is 0 Å². The molecule has 4 nitrogen and oxygen atoms in total. The molecule has 0 aliphatic heterocycles. The molecule has 0 saturated heterocycles. The Hall–Kier alpha value is -3.66. The Balaban J connectivity index is 1.60. The highest BCUT2D eigenvalue weighted by molar-refractivity contribution is 6.04. The van der Waals surface area contributed by atoms with E-state index in [-0.39, 0.29) is 0 Å². The fourth-order valence-electron chi connectivity index (χ4n) is 3.42. The Morgan fingerprint density at radius 2 is 0.900 bits per heavy atom. The van der Waals surface area contributed by atoms with Crippen LogP contribution in [-0.2, 0) is 0 Å². The van der Waals surface area contributed by atoms with Gasteiger partial charge in [0.25, 0.3) is 0 Å². The Labute approximate surface area is 176 Å². The molecule has 0 bridgehead atoms. The minimum Gasteiger partial charge on any atom is -0.497 e. The molecule has 4 aromatic carbocycles. The molecule has 150 valence electrons. The molecule has 0 spiro atoms. The van der Waals surface area contributed by atoms with Gasteiger partial charge in [-0.2, -0.15) is 10.2 Å². The number of methoxy groups -OCH3 is 2. The van der Waals surface area contributed by atoms with E-state index in [4.69, 9.17) is 9.47 Å². The van der Waals surface area contributed by atoms with Crippen LogP contribution in [0.15, 0.2) is 83.0 Å². The minimum atomic E-state index is 0.856. The first-order valence-corrected chi connectivity index (χ1v) is 9.82. The highest BCUT2D eigenvalue weighted by Gasteiger charge is 2.04. The molecule has 4 heteroatoms. The SMILES string of the molecule is COc1ccc2cc(/C(C)=N\N=C(\C)c3ccc4cc(OC)ccc4c3)ccc2c1. The van der Waals surface area contributed by atoms with Gasteiger partial charge >= 0.3 is 0 Å². The van der Waals surface area contributed by atoms with E-state index in [9.17, 15) is 0 Å². The van der Waals surface area contributed by atoms with Gasteiger partial charge in [0.1, 0.15) is 11.5 Å². The third-order valence-corrected chi connectivity index (χ3v) is 5.28. The van der Waals surface area contributed by atoms with Gasteiger partial charge < -0.3 is 9.47 Å². The fraction of sp³-hybridized carbons (Fsp3) is 0.154. The van der Waals surface area contributed by atoms with Crippen molar-refractivity contribution in [1.29, 1.82) is 0 Å². The summed E-state index contributed by atoms with van der Waals surface area (Å²) in [6.45, 7) is 3.96. The maximum absolute atomic E-state index is 5.30. The lowest BCUT2D eigenvalue weighted by molar-refractivity contribution is 0.415. The number of ether oxygens (including phenoxy) is 2. The zero-order valence-corrected chi connectivity index (χ0v) is 17.6. The van der Waals surface area contributed by atoms with Gasteiger partial charge in [-0.1, -0.05) is 36.4 Å². The van der Waals surface area contributed by atoms with Crippen molar-refractivity contribution in [3.63, 3.8) is 0 Å². The van der Waals surface area contributed by atoms with Gasteiger partial charge in [-0.15, -0.1) is 0 Å². The molecule has 30 heavy (non-hydrogen) atoms. The van der Waals surface area contributed by atoms with Crippen LogP contribution >= 0.6 is 0 Å². The van der Waals surface area contributed by atoms with E-state index in [0.717, 1.165) is 55.6 Å². The third-order valence-electron chi connectivity index (χ3n) is 5.28. The van der Waals surface area contributed by atoms with Gasteiger partial charge in [0.2, 0.25) is 0 Å². The number of nitrogens with zero attached hydrogens (tertiary/aromatic N) is 2. The lowest BCUT2D eigenvalue weighted by Crippen LogP contribution is -1.97. The number of benzene rings is 4. The van der Waals surface area contributed by atoms with E-state index in [1.807, 2.05) is 38.1 Å². The van der Waals surface area contributed by atoms with Crippen molar-refractivity contribution in [1.82, 2.24) is 0 Å². The quantitative estimate of drug-likeness (QED) is 0.296. The average molecular weight is 396 g/mol. The number of hydrogen-bond acceptors (Lipinski definition) is 4. The van der Waals surface area contributed by atoms with Crippen molar-refractivity contribution >= 4 is 33.0 Å². The number of rotatable bonds is 5. The monoisotopic (exact) mass is 396 g/mol. The highest BCUT2D eigenvalue weighted by Crippen LogP contribution is 2.23. The Kier molecular flexibility index (Phi) is 5.48. The molecule has 0 N–H and O–H groups in total. The summed E-state index contributed by atoms with van der Waals surface area (Å²) in [5.41, 5.74) is 3.85. The van der Waals surface area contributed by atoms with Crippen LogP contribution in [0.1, 0.15) is 25.0 Å². The van der Waals surface area contributed by atoms with Gasteiger partial charge in [-0.3, -0.25) is 0 Å². The van der Waals surface area contributed by atoms with Crippen LogP contribution in [0.3, 0.4) is 0 Å². The maximum Gasteiger partial charge on any atom is 0.119 e. The second kappa shape index (κ2) is 8.37. The number of fused-ring (bicyclic) bond motifs is 2. The molecule has 0 radical (unpaired) electrons. The summed E-state index contributed by atoms with van der Waals surface area (Å²) in [4.78, 5) is 0. The zero-order valence-electron chi connectivity index (χ0n) is 17.6. The molecular weight excluding hydrogens is 372 g/mol. The first kappa shape index (κ1) is 19.6. The van der Waals surface area contributed by atoms with Crippen molar-refractivity contribution in [3.05, 3.63) is 83.9 Å². The Bertz CT molecular complexity index is 1190. The van der Waals surface area contributed by atoms with Gasteiger partial charge in [0.15, 0.2) is 0 Å². The molecule has 0 fully saturated rings. The summed E-state index contributed by atoms with van der Waals surface area (Å²) >= 11 is 0. The molecule has 0 unspecified atom stereocenters. The van der Waals surface area contributed by atoms with E-state index in [2.05, 4.69) is 58.7 Å². The van der Waals surface area contributed by atoms with Crippen LogP contribution < -0.4 is 9.47 Å². The van der Waals surface area contributed by atoms with Crippen LogP contribution in [0, 0.1) is 0 Å². The molecule has 0 aromatic heterocycles. The average Bonchev–Trinajstić information content (AvgIpc) is 2.80. The van der Waals surface area contributed by atoms with E-state index in [0.29, 0.717) is 0 Å². The summed E-state index contributed by atoms with van der Waals surface area (Å²) in [5, 5.41) is 13.5. The molecule has 4 aromatic rings. The van der Waals surface area contributed by atoms with Gasteiger partial charge in [0.05, 0.1) is 25.6 Å². The third kappa shape index (κ3) is 4.03. The second-order valence-corrected chi connectivity index (χ2v) is 7.23. The lowest BCUT2D eigenvalue weighted by Gasteiger charge is -2.06. The number of hydrogen-bond donors (Lipinski definition) is 0. The normalized spacial score (nSPS) is 12.4. The first-order chi connectivity index (χ1) is 14.6. The Morgan fingerprint density at radius 1 is 0.533 bits per heavy atom. The van der Waals surface area contributed by atoms with E-state index in [1.165, 1.54) is 0 Å². The minimum absolute atomic E-state index is 0.856. The largest absolute Gasteiger partial charge is 0.497 e. The summed E-state index contributed by atoms with van der Waals surface area (Å²) in [7, 11) is 3.36. The molecule has 0 amide bonds. The molecule has 0 atom stereocenters. The smallest absolute Gasteiger partial charge is 0.119 e. The predicted molar refractivity (Wildman–Crippen MR) is 125 cm³/mol. The van der Waals surface area contributed by atoms with Gasteiger partial charge in [-0.25, -0.2) is 0 Å². The Morgan fingerprint density at radius 3 is 1.30 bits per heavy atom. The van der Waals surface area contributed by atoms with Crippen molar-refractivity contribution < 1.29 is 9.47 Å². The van der Waals surface area contributed by atoms with E-state index < -0.39 is 0 Å². The zero-order chi connectivity index (χ0) is 21.1. The molecule has 0 heterocycles. The van der Waals surface area contributed by atoms with Gasteiger partial charge in [0, 0.05) is 0 Å². The first-order valence-electron chi connectivity index (χ1n) is 9.82. The van der Waals surface area contributed by atoms with E-state index >= 15 is 0 Å². The van der Waals surface area contributed by atoms with Crippen molar-refractivity contribution in [3.8, 4) is 11.5 Å². The molecular formula is C26H24N2O2. The van der Waals surface area contributed by atoms with Crippen LogP contribution in [0.4, 0.5) is 0 Å². The summed E-state index contributed by atoms with van der Waals surface area (Å²) in [5.74, 6) is 1.71. The lowest BCUT2D eigenvalue weighted by atomic mass is 10.0. The van der Waals surface area contributed by atoms with Crippen molar-refractivity contribution in [2.75, 3.05) is 14.2 Å². The van der Waals surface area contributed by atoms with Crippen molar-refractivity contribution in [2.45, 2.75) is 13.8 Å². The summed E-state index contributed by atoms with van der Waals surface area (Å²) in [6.07, 6.45) is 0. The van der Waals surface area contributed by atoms with Gasteiger partial charge in [-0.05, 0) is 82.9 Å². The summed E-state index contributed by atoms with van der Waals surface area (Å²) in [6, 6.07) is 24.7. The second-order valence-electron chi connectivity index (χ2n) is 7.23. The molecule has 0 aliphatic rings. The van der Waals surface area contributed by atoms with Crippen LogP contribution in [-0.4, -0.2) is 25.6 Å². The molecule has 4 rings (SSSR count). The molecule has 0 saturated carbocycles. The van der Waals surface area contributed by atoms with Crippen molar-refractivity contribution in [2.24, 2.45) is 10.2 Å². The van der Waals surface area contributed by atoms with Crippen LogP contribution in [0.25, 0.3) is 21.5 Å². The highest BCUT2D eigenvalue weighted by atomic mass is 16.5. The summed E-state index contributed by atoms with van der Waals surface area (Å²) < 4.78 is 10.6. The fourth-order valence-corrected chi connectivity index (χ4v) is 3.42. The molecule has 0 aliphatic carbocycles. The maximum atomic E-state index is 5.30.